The Morgan fingerprint density at radius 3 is 2.54 bits per heavy atom. The Kier molecular flexibility index (Phi) is 8.57. The zero-order valence-electron chi connectivity index (χ0n) is 24.9. The molecule has 0 bridgehead atoms. The Bertz CT molecular complexity index is 1780. The molecule has 3 aliphatic rings. The number of nitrogens with zero attached hydrogens (tertiary/aromatic N) is 4. The molecule has 0 radical (unpaired) electrons. The van der Waals surface area contributed by atoms with E-state index in [0.717, 1.165) is 55.3 Å². The quantitative estimate of drug-likeness (QED) is 0.251. The van der Waals surface area contributed by atoms with Crippen molar-refractivity contribution in [3.8, 4) is 23.1 Å². The first-order chi connectivity index (χ1) is 22.4. The number of carbonyl (C=O) groups excluding carboxylic acids is 2. The van der Waals surface area contributed by atoms with E-state index in [1.807, 2.05) is 35.2 Å². The van der Waals surface area contributed by atoms with E-state index >= 15 is 0 Å². The van der Waals surface area contributed by atoms with Crippen LogP contribution in [0.15, 0.2) is 72.9 Å². The van der Waals surface area contributed by atoms with Gasteiger partial charge in [0.2, 0.25) is 18.6 Å². The van der Waals surface area contributed by atoms with Crippen LogP contribution in [-0.2, 0) is 17.8 Å². The van der Waals surface area contributed by atoms with Crippen molar-refractivity contribution >= 4 is 46.4 Å². The standard InChI is InChI=1S/C34H31Cl2N5O5/c35-26-7-5-23(17-27(26)36)34(43)38-24-6-9-32(37-18-24)46-29-3-1-2-28-25(29)10-11-41(28)20-33(42)40-14-12-39(13-15-40)19-22-4-8-30-31(16-22)45-21-44-30/h1-9,16-18H,10-15,19-21H2,(H,38,43). The molecule has 1 fully saturated rings. The lowest BCUT2D eigenvalue weighted by molar-refractivity contribution is -0.131. The van der Waals surface area contributed by atoms with Crippen molar-refractivity contribution in [2.45, 2.75) is 13.0 Å². The molecule has 0 unspecified atom stereocenters. The average molecular weight is 661 g/mol. The van der Waals surface area contributed by atoms with Gasteiger partial charge in [-0.3, -0.25) is 14.5 Å². The van der Waals surface area contributed by atoms with Gasteiger partial charge < -0.3 is 29.3 Å². The second-order valence-corrected chi connectivity index (χ2v) is 12.2. The van der Waals surface area contributed by atoms with Gasteiger partial charge in [-0.15, -0.1) is 0 Å². The number of piperazine rings is 1. The Labute approximate surface area is 276 Å². The molecule has 2 amide bonds. The zero-order chi connectivity index (χ0) is 31.6. The highest BCUT2D eigenvalue weighted by molar-refractivity contribution is 6.42. The molecule has 0 atom stereocenters. The van der Waals surface area contributed by atoms with Gasteiger partial charge in [0.25, 0.3) is 5.91 Å². The summed E-state index contributed by atoms with van der Waals surface area (Å²) in [7, 11) is 0. The van der Waals surface area contributed by atoms with E-state index in [2.05, 4.69) is 26.2 Å². The highest BCUT2D eigenvalue weighted by Crippen LogP contribution is 2.37. The van der Waals surface area contributed by atoms with Crippen molar-refractivity contribution in [2.75, 3.05) is 56.3 Å². The summed E-state index contributed by atoms with van der Waals surface area (Å²) < 4.78 is 17.1. The molecule has 12 heteroatoms. The van der Waals surface area contributed by atoms with Gasteiger partial charge in [0, 0.05) is 62.1 Å². The number of halogens is 2. The fraction of sp³-hybridized carbons (Fsp3) is 0.265. The van der Waals surface area contributed by atoms with Gasteiger partial charge in [0.05, 0.1) is 28.5 Å². The first-order valence-electron chi connectivity index (χ1n) is 15.1. The largest absolute Gasteiger partial charge is 0.454 e. The third kappa shape index (κ3) is 6.55. The Balaban J connectivity index is 0.921. The molecule has 10 nitrogen and oxygen atoms in total. The first-order valence-corrected chi connectivity index (χ1v) is 15.8. The van der Waals surface area contributed by atoms with E-state index < -0.39 is 0 Å². The lowest BCUT2D eigenvalue weighted by Gasteiger charge is -2.35. The summed E-state index contributed by atoms with van der Waals surface area (Å²) in [6, 6.07) is 20.0. The molecule has 4 aromatic rings. The van der Waals surface area contributed by atoms with Crippen molar-refractivity contribution in [1.29, 1.82) is 0 Å². The highest BCUT2D eigenvalue weighted by atomic mass is 35.5. The third-order valence-electron chi connectivity index (χ3n) is 8.37. The number of hydrogen-bond acceptors (Lipinski definition) is 8. The molecule has 4 heterocycles. The van der Waals surface area contributed by atoms with Crippen LogP contribution in [0.5, 0.6) is 23.1 Å². The number of benzene rings is 3. The topological polar surface area (TPSA) is 96.5 Å². The molecule has 7 rings (SSSR count). The van der Waals surface area contributed by atoms with E-state index in [4.69, 9.17) is 37.4 Å². The van der Waals surface area contributed by atoms with E-state index in [0.29, 0.717) is 52.6 Å². The van der Waals surface area contributed by atoms with Gasteiger partial charge in [0.1, 0.15) is 5.75 Å². The maximum Gasteiger partial charge on any atom is 0.255 e. The van der Waals surface area contributed by atoms with Crippen LogP contribution in [0.4, 0.5) is 11.4 Å². The summed E-state index contributed by atoms with van der Waals surface area (Å²) in [6.45, 7) is 5.17. The maximum atomic E-state index is 13.3. The van der Waals surface area contributed by atoms with Crippen molar-refractivity contribution < 1.29 is 23.8 Å². The second kappa shape index (κ2) is 13.1. The van der Waals surface area contributed by atoms with E-state index in [1.165, 1.54) is 17.8 Å². The molecule has 0 spiro atoms. The van der Waals surface area contributed by atoms with E-state index in [1.54, 1.807) is 24.3 Å². The lowest BCUT2D eigenvalue weighted by Crippen LogP contribution is -2.50. The number of pyridine rings is 1. The normalized spacial score (nSPS) is 15.5. The SMILES string of the molecule is O=C(Nc1ccc(Oc2cccc3c2CCN3CC(=O)N2CCN(Cc3ccc4c(c3)OCO4)CC2)nc1)c1ccc(Cl)c(Cl)c1. The fourth-order valence-electron chi connectivity index (χ4n) is 5.91. The van der Waals surface area contributed by atoms with Gasteiger partial charge in [-0.05, 0) is 60.5 Å². The third-order valence-corrected chi connectivity index (χ3v) is 9.10. The number of aromatic nitrogens is 1. The number of amides is 2. The predicted molar refractivity (Wildman–Crippen MR) is 176 cm³/mol. The number of carbonyl (C=O) groups is 2. The number of nitrogens with one attached hydrogen (secondary N) is 1. The van der Waals surface area contributed by atoms with E-state index in [-0.39, 0.29) is 18.6 Å². The second-order valence-electron chi connectivity index (χ2n) is 11.3. The minimum atomic E-state index is -0.326. The maximum absolute atomic E-state index is 13.3. The van der Waals surface area contributed by atoms with Crippen molar-refractivity contribution in [1.82, 2.24) is 14.8 Å². The Morgan fingerprint density at radius 1 is 0.891 bits per heavy atom. The molecule has 3 aliphatic heterocycles. The van der Waals surface area contributed by atoms with E-state index in [9.17, 15) is 9.59 Å². The van der Waals surface area contributed by atoms with Gasteiger partial charge in [-0.1, -0.05) is 35.3 Å². The van der Waals surface area contributed by atoms with Crippen molar-refractivity contribution in [2.24, 2.45) is 0 Å². The van der Waals surface area contributed by atoms with Crippen LogP contribution in [0.3, 0.4) is 0 Å². The zero-order valence-corrected chi connectivity index (χ0v) is 26.4. The summed E-state index contributed by atoms with van der Waals surface area (Å²) in [5, 5.41) is 3.49. The van der Waals surface area contributed by atoms with Crippen LogP contribution >= 0.6 is 23.2 Å². The summed E-state index contributed by atoms with van der Waals surface area (Å²) >= 11 is 12.0. The summed E-state index contributed by atoms with van der Waals surface area (Å²) in [5.74, 6) is 2.48. The number of fused-ring (bicyclic) bond motifs is 2. The minimum Gasteiger partial charge on any atom is -0.454 e. The van der Waals surface area contributed by atoms with Crippen LogP contribution in [-0.4, -0.2) is 72.7 Å². The highest BCUT2D eigenvalue weighted by Gasteiger charge is 2.28. The molecule has 1 saturated heterocycles. The summed E-state index contributed by atoms with van der Waals surface area (Å²) in [4.78, 5) is 36.7. The molecule has 46 heavy (non-hydrogen) atoms. The molecule has 3 aromatic carbocycles. The Morgan fingerprint density at radius 2 is 1.74 bits per heavy atom. The molecule has 1 N–H and O–H groups in total. The van der Waals surface area contributed by atoms with Crippen molar-refractivity contribution in [3.63, 3.8) is 0 Å². The Hall–Kier alpha value is -4.51. The van der Waals surface area contributed by atoms with Gasteiger partial charge in [0.15, 0.2) is 11.5 Å². The van der Waals surface area contributed by atoms with Crippen LogP contribution in [0.25, 0.3) is 0 Å². The number of hydrogen-bond donors (Lipinski definition) is 1. The number of ether oxygens (including phenoxy) is 3. The average Bonchev–Trinajstić information content (AvgIpc) is 3.71. The summed E-state index contributed by atoms with van der Waals surface area (Å²) in [5.41, 5.74) is 4.12. The van der Waals surface area contributed by atoms with Crippen molar-refractivity contribution in [3.05, 3.63) is 99.7 Å². The van der Waals surface area contributed by atoms with Gasteiger partial charge in [-0.25, -0.2) is 4.98 Å². The molecule has 0 saturated carbocycles. The fourth-order valence-corrected chi connectivity index (χ4v) is 6.21. The van der Waals surface area contributed by atoms with Crippen LogP contribution < -0.4 is 24.4 Å². The molecular weight excluding hydrogens is 629 g/mol. The van der Waals surface area contributed by atoms with Gasteiger partial charge >= 0.3 is 0 Å². The first kappa shape index (κ1) is 30.2. The van der Waals surface area contributed by atoms with Crippen LogP contribution in [0, 0.1) is 0 Å². The monoisotopic (exact) mass is 659 g/mol. The molecule has 236 valence electrons. The molecular formula is C34H31Cl2N5O5. The minimum absolute atomic E-state index is 0.127. The lowest BCUT2D eigenvalue weighted by atomic mass is 10.1. The number of anilines is 2. The van der Waals surface area contributed by atoms with Gasteiger partial charge in [-0.2, -0.15) is 0 Å². The predicted octanol–water partition coefficient (Wildman–Crippen LogP) is 5.87. The molecule has 0 aliphatic carbocycles. The number of rotatable bonds is 8. The van der Waals surface area contributed by atoms with Crippen LogP contribution in [0.2, 0.25) is 10.0 Å². The van der Waals surface area contributed by atoms with Crippen LogP contribution in [0.1, 0.15) is 21.5 Å². The molecule has 1 aromatic heterocycles. The summed E-state index contributed by atoms with van der Waals surface area (Å²) in [6.07, 6.45) is 2.30. The smallest absolute Gasteiger partial charge is 0.255 e.